The van der Waals surface area contributed by atoms with E-state index < -0.39 is 0 Å². The Morgan fingerprint density at radius 2 is 2.17 bits per heavy atom. The molecule has 1 aromatic carbocycles. The van der Waals surface area contributed by atoms with E-state index >= 15 is 0 Å². The molecule has 3 heteroatoms. The molecule has 1 fully saturated rings. The quantitative estimate of drug-likeness (QED) is 0.804. The first-order valence-electron chi connectivity index (χ1n) is 6.87. The number of rotatable bonds is 4. The first-order chi connectivity index (χ1) is 8.79. The van der Waals surface area contributed by atoms with Crippen molar-refractivity contribution in [3.8, 4) is 11.5 Å². The Kier molecular flexibility index (Phi) is 3.38. The molecular weight excluding hydrogens is 248 g/mol. The van der Waals surface area contributed by atoms with Crippen LogP contribution in [0.1, 0.15) is 44.1 Å². The van der Waals surface area contributed by atoms with Crippen LogP contribution >= 0.6 is 11.6 Å². The molecule has 1 aliphatic heterocycles. The van der Waals surface area contributed by atoms with E-state index in [1.165, 1.54) is 18.4 Å². The molecule has 0 saturated heterocycles. The second-order valence-electron chi connectivity index (χ2n) is 5.29. The lowest BCUT2D eigenvalue weighted by Crippen LogP contribution is -2.15. The predicted octanol–water partition coefficient (Wildman–Crippen LogP) is 4.40. The van der Waals surface area contributed by atoms with Gasteiger partial charge in [-0.1, -0.05) is 24.6 Å². The third-order valence-electron chi connectivity index (χ3n) is 3.90. The predicted molar refractivity (Wildman–Crippen MR) is 72.8 cm³/mol. The number of hydrogen-bond acceptors (Lipinski definition) is 2. The van der Waals surface area contributed by atoms with Crippen LogP contribution in [0.25, 0.3) is 0 Å². The van der Waals surface area contributed by atoms with Gasteiger partial charge >= 0.3 is 0 Å². The zero-order valence-electron chi connectivity index (χ0n) is 10.7. The van der Waals surface area contributed by atoms with Crippen LogP contribution in [-0.2, 0) is 0 Å². The van der Waals surface area contributed by atoms with Crippen LogP contribution in [0.5, 0.6) is 11.5 Å². The van der Waals surface area contributed by atoms with Crippen molar-refractivity contribution in [2.45, 2.75) is 38.5 Å². The van der Waals surface area contributed by atoms with Crippen molar-refractivity contribution in [3.63, 3.8) is 0 Å². The van der Waals surface area contributed by atoms with Gasteiger partial charge in [-0.25, -0.2) is 0 Å². The van der Waals surface area contributed by atoms with Crippen LogP contribution in [0.4, 0.5) is 0 Å². The third-order valence-corrected chi connectivity index (χ3v) is 4.20. The highest BCUT2D eigenvalue weighted by atomic mass is 35.5. The lowest BCUT2D eigenvalue weighted by Gasteiger charge is -2.27. The van der Waals surface area contributed by atoms with Crippen molar-refractivity contribution in [2.24, 2.45) is 5.92 Å². The fourth-order valence-electron chi connectivity index (χ4n) is 2.53. The molecule has 0 bridgehead atoms. The largest absolute Gasteiger partial charge is 0.489 e. The molecule has 18 heavy (non-hydrogen) atoms. The molecule has 0 unspecified atom stereocenters. The highest BCUT2D eigenvalue weighted by Gasteiger charge is 2.27. The van der Waals surface area contributed by atoms with Crippen LogP contribution in [0.15, 0.2) is 12.1 Å². The van der Waals surface area contributed by atoms with E-state index in [-0.39, 0.29) is 0 Å². The maximum Gasteiger partial charge on any atom is 0.180 e. The average Bonchev–Trinajstić information content (AvgIpc) is 3.20. The first kappa shape index (κ1) is 12.2. The lowest BCUT2D eigenvalue weighted by atomic mass is 9.91. The fourth-order valence-corrected chi connectivity index (χ4v) is 2.73. The zero-order valence-corrected chi connectivity index (χ0v) is 11.5. The second kappa shape index (κ2) is 5.00. The molecule has 1 heterocycles. The molecule has 0 radical (unpaired) electrons. The Balaban J connectivity index is 1.90. The summed E-state index contributed by atoms with van der Waals surface area (Å²) in [4.78, 5) is 0. The Morgan fingerprint density at radius 3 is 2.89 bits per heavy atom. The standard InChI is InChI=1S/C15H19ClO2/c1-2-11-7-8-17-14-12(11)5-6-13(16)15(14)18-9-10-3-4-10/h5-6,10-11H,2-4,7-9H2,1H3/t11-/m0/s1. The zero-order chi connectivity index (χ0) is 12.5. The minimum atomic E-state index is 0.578. The molecule has 3 rings (SSSR count). The van der Waals surface area contributed by atoms with Gasteiger partial charge in [-0.15, -0.1) is 0 Å². The van der Waals surface area contributed by atoms with E-state index in [0.717, 1.165) is 43.5 Å². The topological polar surface area (TPSA) is 18.5 Å². The summed E-state index contributed by atoms with van der Waals surface area (Å²) in [6.45, 7) is 3.76. The first-order valence-corrected chi connectivity index (χ1v) is 7.25. The molecule has 2 aliphatic rings. The minimum absolute atomic E-state index is 0.578. The Labute approximate surface area is 113 Å². The number of hydrogen-bond donors (Lipinski definition) is 0. The van der Waals surface area contributed by atoms with Gasteiger partial charge in [-0.05, 0) is 43.6 Å². The van der Waals surface area contributed by atoms with Crippen molar-refractivity contribution >= 4 is 11.6 Å². The van der Waals surface area contributed by atoms with Gasteiger partial charge in [0.15, 0.2) is 11.5 Å². The summed E-state index contributed by atoms with van der Waals surface area (Å²) in [6.07, 6.45) is 4.80. The fraction of sp³-hybridized carbons (Fsp3) is 0.600. The monoisotopic (exact) mass is 266 g/mol. The molecule has 1 saturated carbocycles. The summed E-state index contributed by atoms with van der Waals surface area (Å²) in [5, 5.41) is 0.672. The van der Waals surface area contributed by atoms with Gasteiger partial charge in [0.25, 0.3) is 0 Å². The average molecular weight is 267 g/mol. The summed E-state index contributed by atoms with van der Waals surface area (Å²) in [5.41, 5.74) is 1.26. The molecule has 1 aliphatic carbocycles. The molecule has 1 aromatic rings. The Bertz CT molecular complexity index is 440. The SMILES string of the molecule is CC[C@H]1CCOc2c1ccc(Cl)c2OCC1CC1. The normalized spacial score (nSPS) is 22.2. The minimum Gasteiger partial charge on any atom is -0.489 e. The maximum absolute atomic E-state index is 6.25. The number of fused-ring (bicyclic) bond motifs is 1. The molecule has 0 aromatic heterocycles. The molecule has 98 valence electrons. The number of ether oxygens (including phenoxy) is 2. The Morgan fingerprint density at radius 1 is 1.33 bits per heavy atom. The molecule has 0 spiro atoms. The van der Waals surface area contributed by atoms with Gasteiger partial charge in [0.2, 0.25) is 0 Å². The van der Waals surface area contributed by atoms with Crippen LogP contribution < -0.4 is 9.47 Å². The summed E-state index contributed by atoms with van der Waals surface area (Å²) in [6, 6.07) is 4.04. The van der Waals surface area contributed by atoms with Crippen LogP contribution in [0.2, 0.25) is 5.02 Å². The Hall–Kier alpha value is -0.890. The van der Waals surface area contributed by atoms with Gasteiger partial charge in [-0.2, -0.15) is 0 Å². The summed E-state index contributed by atoms with van der Waals surface area (Å²) < 4.78 is 11.7. The van der Waals surface area contributed by atoms with E-state index in [1.807, 2.05) is 6.07 Å². The third kappa shape index (κ3) is 2.31. The van der Waals surface area contributed by atoms with Crippen molar-refractivity contribution in [1.29, 1.82) is 0 Å². The molecule has 1 atom stereocenters. The van der Waals surface area contributed by atoms with Crippen LogP contribution in [0.3, 0.4) is 0 Å². The van der Waals surface area contributed by atoms with Crippen molar-refractivity contribution in [1.82, 2.24) is 0 Å². The van der Waals surface area contributed by atoms with Crippen LogP contribution in [0, 0.1) is 5.92 Å². The van der Waals surface area contributed by atoms with Gasteiger partial charge < -0.3 is 9.47 Å². The van der Waals surface area contributed by atoms with Crippen molar-refractivity contribution < 1.29 is 9.47 Å². The van der Waals surface area contributed by atoms with Gasteiger partial charge in [0, 0.05) is 5.56 Å². The molecule has 0 N–H and O–H groups in total. The van der Waals surface area contributed by atoms with E-state index in [1.54, 1.807) is 0 Å². The molecule has 0 amide bonds. The summed E-state index contributed by atoms with van der Waals surface area (Å²) in [7, 11) is 0. The summed E-state index contributed by atoms with van der Waals surface area (Å²) in [5.74, 6) is 2.96. The van der Waals surface area contributed by atoms with E-state index in [4.69, 9.17) is 21.1 Å². The van der Waals surface area contributed by atoms with E-state index in [2.05, 4.69) is 13.0 Å². The summed E-state index contributed by atoms with van der Waals surface area (Å²) >= 11 is 6.25. The molecular formula is C15H19ClO2. The van der Waals surface area contributed by atoms with Gasteiger partial charge in [0.1, 0.15) is 0 Å². The smallest absolute Gasteiger partial charge is 0.180 e. The van der Waals surface area contributed by atoms with Gasteiger partial charge in [-0.3, -0.25) is 0 Å². The maximum atomic E-state index is 6.25. The van der Waals surface area contributed by atoms with Crippen LogP contribution in [-0.4, -0.2) is 13.2 Å². The lowest BCUT2D eigenvalue weighted by molar-refractivity contribution is 0.232. The number of halogens is 1. The van der Waals surface area contributed by atoms with Gasteiger partial charge in [0.05, 0.1) is 18.2 Å². The second-order valence-corrected chi connectivity index (χ2v) is 5.70. The van der Waals surface area contributed by atoms with E-state index in [9.17, 15) is 0 Å². The molecule has 2 nitrogen and oxygen atoms in total. The van der Waals surface area contributed by atoms with Crippen molar-refractivity contribution in [3.05, 3.63) is 22.7 Å². The number of benzene rings is 1. The van der Waals surface area contributed by atoms with E-state index in [0.29, 0.717) is 10.9 Å². The van der Waals surface area contributed by atoms with Crippen molar-refractivity contribution in [2.75, 3.05) is 13.2 Å². The highest BCUT2D eigenvalue weighted by molar-refractivity contribution is 6.32. The highest BCUT2D eigenvalue weighted by Crippen LogP contribution is 2.46.